The van der Waals surface area contributed by atoms with Crippen LogP contribution in [0.1, 0.15) is 34.7 Å². The van der Waals surface area contributed by atoms with Gasteiger partial charge in [0.25, 0.3) is 0 Å². The number of hydrogen-bond acceptors (Lipinski definition) is 5. The summed E-state index contributed by atoms with van der Waals surface area (Å²) in [6, 6.07) is 16.0. The highest BCUT2D eigenvalue weighted by molar-refractivity contribution is 7.80. The fourth-order valence-corrected chi connectivity index (χ4v) is 5.51. The highest BCUT2D eigenvalue weighted by atomic mass is 32.1. The zero-order chi connectivity index (χ0) is 22.2. The molecular formula is C24H23N5OS2. The van der Waals surface area contributed by atoms with Gasteiger partial charge in [-0.15, -0.1) is 11.3 Å². The van der Waals surface area contributed by atoms with Crippen LogP contribution in [0.4, 0.5) is 5.69 Å². The van der Waals surface area contributed by atoms with Gasteiger partial charge < -0.3 is 15.0 Å². The van der Waals surface area contributed by atoms with Crippen LogP contribution in [0, 0.1) is 13.8 Å². The predicted molar refractivity (Wildman–Crippen MR) is 132 cm³/mol. The number of benzene rings is 1. The molecule has 3 aromatic heterocycles. The van der Waals surface area contributed by atoms with Crippen molar-refractivity contribution in [1.82, 2.24) is 19.9 Å². The average molecular weight is 462 g/mol. The second kappa shape index (κ2) is 8.37. The Morgan fingerprint density at radius 2 is 1.94 bits per heavy atom. The number of pyridine rings is 1. The third-order valence-electron chi connectivity index (χ3n) is 5.83. The second-order valence-electron chi connectivity index (χ2n) is 7.67. The summed E-state index contributed by atoms with van der Waals surface area (Å²) in [6.45, 7) is 4.26. The van der Waals surface area contributed by atoms with E-state index in [1.54, 1.807) is 18.4 Å². The van der Waals surface area contributed by atoms with Crippen LogP contribution in [-0.2, 0) is 0 Å². The number of nitrogens with zero attached hydrogens (tertiary/aromatic N) is 4. The van der Waals surface area contributed by atoms with Gasteiger partial charge in [0.15, 0.2) is 10.2 Å². The van der Waals surface area contributed by atoms with E-state index in [1.165, 1.54) is 5.56 Å². The van der Waals surface area contributed by atoms with Gasteiger partial charge >= 0.3 is 0 Å². The van der Waals surface area contributed by atoms with E-state index < -0.39 is 0 Å². The van der Waals surface area contributed by atoms with Crippen LogP contribution in [0.2, 0.25) is 0 Å². The zero-order valence-electron chi connectivity index (χ0n) is 18.0. The van der Waals surface area contributed by atoms with Crippen LogP contribution in [-0.4, -0.2) is 26.8 Å². The molecule has 4 aromatic rings. The summed E-state index contributed by atoms with van der Waals surface area (Å²) in [7, 11) is 1.68. The molecule has 1 fully saturated rings. The molecule has 162 valence electrons. The Morgan fingerprint density at radius 3 is 2.66 bits per heavy atom. The maximum Gasteiger partial charge on any atom is 0.193 e. The molecule has 1 aromatic carbocycles. The van der Waals surface area contributed by atoms with Gasteiger partial charge in [0.1, 0.15) is 5.75 Å². The number of ether oxygens (including phenoxy) is 1. The van der Waals surface area contributed by atoms with Crippen molar-refractivity contribution >= 4 is 34.4 Å². The van der Waals surface area contributed by atoms with Gasteiger partial charge in [-0.05, 0) is 62.0 Å². The second-order valence-corrected chi connectivity index (χ2v) is 8.93. The van der Waals surface area contributed by atoms with Crippen LogP contribution < -0.4 is 15.0 Å². The molecule has 5 rings (SSSR count). The third-order valence-corrected chi connectivity index (χ3v) is 6.90. The molecule has 8 heteroatoms. The number of thiazole rings is 1. The Kier molecular flexibility index (Phi) is 5.40. The maximum absolute atomic E-state index is 5.85. The molecule has 6 nitrogen and oxygen atoms in total. The quantitative estimate of drug-likeness (QED) is 0.416. The van der Waals surface area contributed by atoms with Gasteiger partial charge in [0.2, 0.25) is 0 Å². The summed E-state index contributed by atoms with van der Waals surface area (Å²) >= 11 is 7.48. The smallest absolute Gasteiger partial charge is 0.193 e. The molecule has 1 N–H and O–H groups in total. The number of aryl methyl sites for hydroxylation is 1. The first-order chi connectivity index (χ1) is 15.6. The SMILES string of the molecule is COc1cccc(N2C(=S)N[C@H](c3ccccn3)[C@H]2c2cc(C)n(-c3nccs3)c2C)c1. The van der Waals surface area contributed by atoms with Gasteiger partial charge in [-0.1, -0.05) is 12.1 Å². The predicted octanol–water partition coefficient (Wildman–Crippen LogP) is 5.13. The number of hydrogen-bond donors (Lipinski definition) is 1. The first-order valence-corrected chi connectivity index (χ1v) is 11.6. The summed E-state index contributed by atoms with van der Waals surface area (Å²) < 4.78 is 7.69. The van der Waals surface area contributed by atoms with Gasteiger partial charge in [-0.2, -0.15) is 0 Å². The molecule has 2 atom stereocenters. The van der Waals surface area contributed by atoms with E-state index in [9.17, 15) is 0 Å². The largest absolute Gasteiger partial charge is 0.497 e. The molecule has 0 radical (unpaired) electrons. The number of aromatic nitrogens is 3. The van der Waals surface area contributed by atoms with Gasteiger partial charge in [0, 0.05) is 40.9 Å². The van der Waals surface area contributed by atoms with E-state index in [1.807, 2.05) is 54.2 Å². The molecule has 4 heterocycles. The van der Waals surface area contributed by atoms with E-state index in [4.69, 9.17) is 17.0 Å². The van der Waals surface area contributed by atoms with E-state index in [2.05, 4.69) is 50.7 Å². The van der Waals surface area contributed by atoms with Crippen LogP contribution >= 0.6 is 23.6 Å². The Hall–Kier alpha value is -3.23. The van der Waals surface area contributed by atoms with Crippen LogP contribution in [0.15, 0.2) is 66.3 Å². The molecule has 0 spiro atoms. The number of nitrogens with one attached hydrogen (secondary N) is 1. The Bertz CT molecular complexity index is 1250. The average Bonchev–Trinajstić information content (AvgIpc) is 3.52. The standard InChI is InChI=1S/C24H23N5OS2/c1-15-13-19(16(2)28(15)24-26-11-12-32-24)22-21(20-9-4-5-10-25-20)27-23(31)29(22)17-7-6-8-18(14-17)30-3/h4-14,21-22H,1-3H3,(H,27,31)/t21-,22-/m1/s1. The third kappa shape index (κ3) is 3.45. The lowest BCUT2D eigenvalue weighted by Gasteiger charge is -2.28. The minimum Gasteiger partial charge on any atom is -0.497 e. The van der Waals surface area contributed by atoms with Crippen molar-refractivity contribution in [1.29, 1.82) is 0 Å². The first kappa shape index (κ1) is 20.7. The summed E-state index contributed by atoms with van der Waals surface area (Å²) in [6.07, 6.45) is 3.66. The fraction of sp³-hybridized carbons (Fsp3) is 0.208. The molecule has 32 heavy (non-hydrogen) atoms. The topological polar surface area (TPSA) is 55.2 Å². The minimum atomic E-state index is -0.0971. The molecule has 1 aliphatic rings. The highest BCUT2D eigenvalue weighted by Gasteiger charge is 2.42. The van der Waals surface area contributed by atoms with Gasteiger partial charge in [-0.25, -0.2) is 4.98 Å². The maximum atomic E-state index is 5.85. The lowest BCUT2D eigenvalue weighted by Crippen LogP contribution is -2.29. The lowest BCUT2D eigenvalue weighted by atomic mass is 9.96. The lowest BCUT2D eigenvalue weighted by molar-refractivity contribution is 0.415. The first-order valence-electron chi connectivity index (χ1n) is 10.3. The molecule has 0 saturated carbocycles. The van der Waals surface area contributed by atoms with E-state index in [0.717, 1.165) is 33.7 Å². The zero-order valence-corrected chi connectivity index (χ0v) is 19.7. The number of methoxy groups -OCH3 is 1. The minimum absolute atomic E-state index is 0.0792. The van der Waals surface area contributed by atoms with Crippen molar-refractivity contribution in [3.8, 4) is 10.9 Å². The number of anilines is 1. The van der Waals surface area contributed by atoms with Crippen molar-refractivity contribution in [2.24, 2.45) is 0 Å². The molecular weight excluding hydrogens is 438 g/mol. The Morgan fingerprint density at radius 1 is 1.06 bits per heavy atom. The van der Waals surface area contributed by atoms with Crippen molar-refractivity contribution in [2.45, 2.75) is 25.9 Å². The van der Waals surface area contributed by atoms with Gasteiger partial charge in [-0.3, -0.25) is 9.55 Å². The van der Waals surface area contributed by atoms with E-state index in [0.29, 0.717) is 5.11 Å². The number of thiocarbonyl (C=S) groups is 1. The molecule has 1 aliphatic heterocycles. The van der Waals surface area contributed by atoms with Crippen LogP contribution in [0.5, 0.6) is 5.75 Å². The van der Waals surface area contributed by atoms with E-state index in [-0.39, 0.29) is 12.1 Å². The van der Waals surface area contributed by atoms with Crippen molar-refractivity contribution in [3.63, 3.8) is 0 Å². The monoisotopic (exact) mass is 461 g/mol. The summed E-state index contributed by atoms with van der Waals surface area (Å²) in [4.78, 5) is 11.4. The molecule has 0 aliphatic carbocycles. The van der Waals surface area contributed by atoms with Crippen molar-refractivity contribution in [2.75, 3.05) is 12.0 Å². The normalized spacial score (nSPS) is 18.1. The Labute approximate surface area is 196 Å². The Balaban J connectivity index is 1.68. The molecule has 0 bridgehead atoms. The highest BCUT2D eigenvalue weighted by Crippen LogP contribution is 2.44. The fourth-order valence-electron chi connectivity index (χ4n) is 4.42. The van der Waals surface area contributed by atoms with Crippen molar-refractivity contribution in [3.05, 3.63) is 88.9 Å². The van der Waals surface area contributed by atoms with Crippen molar-refractivity contribution < 1.29 is 4.74 Å². The van der Waals surface area contributed by atoms with Gasteiger partial charge in [0.05, 0.1) is 24.9 Å². The molecule has 0 amide bonds. The van der Waals surface area contributed by atoms with E-state index >= 15 is 0 Å². The summed E-state index contributed by atoms with van der Waals surface area (Å²) in [5.41, 5.74) is 5.38. The number of rotatable bonds is 5. The van der Waals surface area contributed by atoms with Crippen LogP contribution in [0.3, 0.4) is 0 Å². The summed E-state index contributed by atoms with van der Waals surface area (Å²) in [5.74, 6) is 0.790. The molecule has 1 saturated heterocycles. The molecule has 0 unspecified atom stereocenters. The summed E-state index contributed by atoms with van der Waals surface area (Å²) in [5, 5.41) is 7.15. The van der Waals surface area contributed by atoms with Crippen LogP contribution in [0.25, 0.3) is 5.13 Å².